The Balaban J connectivity index is 2.51. The highest BCUT2D eigenvalue weighted by Crippen LogP contribution is 2.07. The molecule has 0 spiro atoms. The molecule has 0 aliphatic carbocycles. The van der Waals surface area contributed by atoms with Gasteiger partial charge in [-0.25, -0.2) is 15.0 Å². The minimum absolute atomic E-state index is 0.535. The van der Waals surface area contributed by atoms with E-state index in [9.17, 15) is 0 Å². The summed E-state index contributed by atoms with van der Waals surface area (Å²) < 4.78 is 1.83. The van der Waals surface area contributed by atoms with Crippen molar-refractivity contribution in [1.29, 1.82) is 0 Å². The van der Waals surface area contributed by atoms with Crippen LogP contribution in [0.15, 0.2) is 31.1 Å². The van der Waals surface area contributed by atoms with Crippen LogP contribution in [0.25, 0.3) is 11.2 Å². The minimum Gasteiger partial charge on any atom is -0.401 e. The van der Waals surface area contributed by atoms with Crippen LogP contribution in [0, 0.1) is 0 Å². The lowest BCUT2D eigenvalue weighted by Crippen LogP contribution is -2.06. The average molecular weight is 175 g/mol. The van der Waals surface area contributed by atoms with E-state index < -0.39 is 0 Å². The van der Waals surface area contributed by atoms with Crippen molar-refractivity contribution < 1.29 is 0 Å². The Kier molecular flexibility index (Phi) is 1.70. The predicted octanol–water partition coefficient (Wildman–Crippen LogP) is 0.299. The highest BCUT2D eigenvalue weighted by atomic mass is 15.1. The average Bonchev–Trinajstić information content (AvgIpc) is 2.48. The van der Waals surface area contributed by atoms with Gasteiger partial charge in [-0.3, -0.25) is 0 Å². The minimum atomic E-state index is 0.535. The molecule has 2 rings (SSSR count). The lowest BCUT2D eigenvalue weighted by atomic mass is 10.5. The van der Waals surface area contributed by atoms with Crippen molar-refractivity contribution in [2.75, 3.05) is 0 Å². The number of hydrogen-bond donors (Lipinski definition) is 1. The van der Waals surface area contributed by atoms with Gasteiger partial charge in [0.05, 0.1) is 19.1 Å². The van der Waals surface area contributed by atoms with Crippen molar-refractivity contribution in [3.05, 3.63) is 31.1 Å². The van der Waals surface area contributed by atoms with Gasteiger partial charge in [0.15, 0.2) is 5.65 Å². The van der Waals surface area contributed by atoms with E-state index >= 15 is 0 Å². The van der Waals surface area contributed by atoms with Crippen molar-refractivity contribution in [1.82, 2.24) is 19.5 Å². The van der Waals surface area contributed by atoms with Gasteiger partial charge in [-0.2, -0.15) is 0 Å². The highest BCUT2D eigenvalue weighted by Gasteiger charge is 2.02. The molecule has 0 radical (unpaired) electrons. The van der Waals surface area contributed by atoms with Gasteiger partial charge in [0.25, 0.3) is 0 Å². The monoisotopic (exact) mass is 175 g/mol. The summed E-state index contributed by atoms with van der Waals surface area (Å²) >= 11 is 0. The molecule has 0 bridgehead atoms. The third-order valence-corrected chi connectivity index (χ3v) is 1.65. The maximum Gasteiger partial charge on any atom is 0.163 e. The summed E-state index contributed by atoms with van der Waals surface area (Å²) in [5, 5.41) is 0. The number of rotatable bonds is 2. The summed E-state index contributed by atoms with van der Waals surface area (Å²) in [5.74, 6) is 0. The highest BCUT2D eigenvalue weighted by molar-refractivity contribution is 5.68. The first-order chi connectivity index (χ1) is 6.27. The fourth-order valence-electron chi connectivity index (χ4n) is 1.15. The Morgan fingerprint density at radius 2 is 2.38 bits per heavy atom. The van der Waals surface area contributed by atoms with E-state index in [1.165, 1.54) is 6.33 Å². The van der Waals surface area contributed by atoms with Gasteiger partial charge >= 0.3 is 0 Å². The van der Waals surface area contributed by atoms with E-state index in [4.69, 9.17) is 5.73 Å². The zero-order chi connectivity index (χ0) is 9.26. The summed E-state index contributed by atoms with van der Waals surface area (Å²) in [4.78, 5) is 12.1. The van der Waals surface area contributed by atoms with Crippen LogP contribution in [0.3, 0.4) is 0 Å². The molecule has 2 heterocycles. The van der Waals surface area contributed by atoms with Crippen LogP contribution >= 0.6 is 0 Å². The lowest BCUT2D eigenvalue weighted by molar-refractivity contribution is 0.792. The second kappa shape index (κ2) is 2.85. The summed E-state index contributed by atoms with van der Waals surface area (Å²) in [5.41, 5.74) is 7.62. The van der Waals surface area contributed by atoms with Crippen LogP contribution < -0.4 is 5.73 Å². The second-order valence-electron chi connectivity index (χ2n) is 2.76. The first-order valence-electron chi connectivity index (χ1n) is 3.81. The van der Waals surface area contributed by atoms with Gasteiger partial charge < -0.3 is 10.3 Å². The lowest BCUT2D eigenvalue weighted by Gasteiger charge is -2.00. The second-order valence-corrected chi connectivity index (χ2v) is 2.76. The molecular weight excluding hydrogens is 166 g/mol. The fraction of sp³-hybridized carbons (Fsp3) is 0.125. The van der Waals surface area contributed by atoms with Crippen molar-refractivity contribution >= 4 is 11.2 Å². The van der Waals surface area contributed by atoms with E-state index in [-0.39, 0.29) is 0 Å². The van der Waals surface area contributed by atoms with Crippen molar-refractivity contribution in [2.24, 2.45) is 5.73 Å². The first-order valence-corrected chi connectivity index (χ1v) is 3.81. The van der Waals surface area contributed by atoms with Gasteiger partial charge in [-0.05, 0) is 0 Å². The number of nitrogens with zero attached hydrogens (tertiary/aromatic N) is 4. The zero-order valence-corrected chi connectivity index (χ0v) is 7.01. The molecule has 66 valence electrons. The maximum atomic E-state index is 5.49. The van der Waals surface area contributed by atoms with Crippen LogP contribution in [0.5, 0.6) is 0 Å². The van der Waals surface area contributed by atoms with Gasteiger partial charge in [0.1, 0.15) is 11.8 Å². The van der Waals surface area contributed by atoms with Crippen LogP contribution in [0.2, 0.25) is 0 Å². The molecule has 0 aliphatic rings. The fourth-order valence-corrected chi connectivity index (χ4v) is 1.15. The van der Waals surface area contributed by atoms with Gasteiger partial charge in [-0.15, -0.1) is 0 Å². The van der Waals surface area contributed by atoms with Crippen LogP contribution in [-0.4, -0.2) is 19.5 Å². The molecule has 0 atom stereocenters. The van der Waals surface area contributed by atoms with E-state index in [1.807, 2.05) is 4.57 Å². The Morgan fingerprint density at radius 3 is 3.15 bits per heavy atom. The standard InChI is InChI=1S/C8H9N5/c1-6(9)3-13-5-12-7-2-10-4-11-8(7)13/h2,4-5H,1,3,9H2. The molecule has 0 fully saturated rings. The third-order valence-electron chi connectivity index (χ3n) is 1.65. The van der Waals surface area contributed by atoms with E-state index in [0.717, 1.165) is 11.2 Å². The van der Waals surface area contributed by atoms with Gasteiger partial charge in [0.2, 0.25) is 0 Å². The smallest absolute Gasteiger partial charge is 0.163 e. The number of imidazole rings is 1. The van der Waals surface area contributed by atoms with Gasteiger partial charge in [0, 0.05) is 5.70 Å². The van der Waals surface area contributed by atoms with Crippen LogP contribution in [0.1, 0.15) is 0 Å². The van der Waals surface area contributed by atoms with E-state index in [2.05, 4.69) is 21.5 Å². The Labute approximate surface area is 74.9 Å². The zero-order valence-electron chi connectivity index (χ0n) is 7.01. The number of hydrogen-bond acceptors (Lipinski definition) is 4. The molecule has 0 aliphatic heterocycles. The number of fused-ring (bicyclic) bond motifs is 1. The number of aromatic nitrogens is 4. The molecule has 0 amide bonds. The molecule has 2 aromatic heterocycles. The number of allylic oxidation sites excluding steroid dienone is 1. The van der Waals surface area contributed by atoms with Crippen molar-refractivity contribution in [2.45, 2.75) is 6.54 Å². The molecular formula is C8H9N5. The molecule has 0 unspecified atom stereocenters. The summed E-state index contributed by atoms with van der Waals surface area (Å²) in [6.45, 7) is 4.16. The predicted molar refractivity (Wildman–Crippen MR) is 48.7 cm³/mol. The van der Waals surface area contributed by atoms with Crippen LogP contribution in [0.4, 0.5) is 0 Å². The summed E-state index contributed by atoms with van der Waals surface area (Å²) in [6.07, 6.45) is 4.83. The van der Waals surface area contributed by atoms with Crippen LogP contribution in [-0.2, 0) is 6.54 Å². The van der Waals surface area contributed by atoms with Crippen molar-refractivity contribution in [3.8, 4) is 0 Å². The SMILES string of the molecule is C=C(N)Cn1cnc2cncnc21. The van der Waals surface area contributed by atoms with Gasteiger partial charge in [-0.1, -0.05) is 6.58 Å². The Hall–Kier alpha value is -1.91. The molecule has 2 aromatic rings. The largest absolute Gasteiger partial charge is 0.401 e. The maximum absolute atomic E-state index is 5.49. The number of nitrogens with two attached hydrogens (primary N) is 1. The molecule has 0 saturated carbocycles. The topological polar surface area (TPSA) is 69.6 Å². The normalized spacial score (nSPS) is 10.5. The molecule has 0 saturated heterocycles. The Bertz CT molecular complexity index is 444. The molecule has 2 N–H and O–H groups in total. The molecule has 0 aromatic carbocycles. The molecule has 5 heteroatoms. The van der Waals surface area contributed by atoms with Crippen molar-refractivity contribution in [3.63, 3.8) is 0 Å². The third kappa shape index (κ3) is 1.35. The summed E-state index contributed by atoms with van der Waals surface area (Å²) in [6, 6.07) is 0. The quantitative estimate of drug-likeness (QED) is 0.712. The van der Waals surface area contributed by atoms with E-state index in [1.54, 1.807) is 12.5 Å². The molecule has 5 nitrogen and oxygen atoms in total. The summed E-state index contributed by atoms with van der Waals surface area (Å²) in [7, 11) is 0. The molecule has 13 heavy (non-hydrogen) atoms. The van der Waals surface area contributed by atoms with E-state index in [0.29, 0.717) is 12.2 Å². The Morgan fingerprint density at radius 1 is 1.54 bits per heavy atom. The first kappa shape index (κ1) is 7.72.